The van der Waals surface area contributed by atoms with Gasteiger partial charge in [0.2, 0.25) is 5.91 Å². The maximum atomic E-state index is 11.1. The number of methoxy groups -OCH3 is 1. The van der Waals surface area contributed by atoms with Gasteiger partial charge in [0.1, 0.15) is 5.75 Å². The van der Waals surface area contributed by atoms with E-state index in [0.29, 0.717) is 5.75 Å². The van der Waals surface area contributed by atoms with Crippen LogP contribution in [0.15, 0.2) is 18.2 Å². The van der Waals surface area contributed by atoms with E-state index in [9.17, 15) is 4.79 Å². The molecule has 0 saturated carbocycles. The zero-order chi connectivity index (χ0) is 10.6. The first-order valence-corrected chi connectivity index (χ1v) is 4.30. The summed E-state index contributed by atoms with van der Waals surface area (Å²) >= 11 is 0. The predicted molar refractivity (Wildman–Crippen MR) is 53.8 cm³/mol. The first-order chi connectivity index (χ1) is 6.67. The summed E-state index contributed by atoms with van der Waals surface area (Å²) in [6.07, 6.45) is 0.237. The van der Waals surface area contributed by atoms with Gasteiger partial charge in [-0.3, -0.25) is 10.2 Å². The number of carbonyl (C=O) groups is 1. The molecule has 1 aromatic carbocycles. The molecule has 1 rings (SSSR count). The topological polar surface area (TPSA) is 64.3 Å². The Hall–Kier alpha value is -1.55. The molecule has 0 bridgehead atoms. The van der Waals surface area contributed by atoms with Crippen molar-refractivity contribution in [3.8, 4) is 5.75 Å². The number of nitrogens with two attached hydrogens (primary N) is 1. The van der Waals surface area contributed by atoms with Crippen LogP contribution in [0.3, 0.4) is 0 Å². The normalized spacial score (nSPS) is 9.64. The van der Waals surface area contributed by atoms with Crippen LogP contribution in [0.2, 0.25) is 0 Å². The van der Waals surface area contributed by atoms with Crippen LogP contribution < -0.4 is 16.0 Å². The monoisotopic (exact) mass is 194 g/mol. The first-order valence-electron chi connectivity index (χ1n) is 4.30. The van der Waals surface area contributed by atoms with Gasteiger partial charge in [0.05, 0.1) is 13.5 Å². The van der Waals surface area contributed by atoms with E-state index in [2.05, 4.69) is 5.43 Å². The van der Waals surface area contributed by atoms with Crippen LogP contribution in [0.1, 0.15) is 11.1 Å². The minimum Gasteiger partial charge on any atom is -0.496 e. The molecular formula is C10H14N2O2. The Labute approximate surface area is 83.0 Å². The average Bonchev–Trinajstić information content (AvgIpc) is 2.18. The fourth-order valence-electron chi connectivity index (χ4n) is 1.27. The molecule has 3 N–H and O–H groups in total. The molecule has 0 radical (unpaired) electrons. The first kappa shape index (κ1) is 10.5. The molecule has 0 aliphatic rings. The predicted octanol–water partition coefficient (Wildman–Crippen LogP) is 0.536. The third-order valence-corrected chi connectivity index (χ3v) is 1.95. The molecular weight excluding hydrogens is 180 g/mol. The maximum absolute atomic E-state index is 11.1. The van der Waals surface area contributed by atoms with E-state index in [1.165, 1.54) is 0 Å². The molecule has 4 heteroatoms. The minimum absolute atomic E-state index is 0.228. The third-order valence-electron chi connectivity index (χ3n) is 1.95. The Kier molecular flexibility index (Phi) is 3.48. The Morgan fingerprint density at radius 1 is 1.57 bits per heavy atom. The molecule has 14 heavy (non-hydrogen) atoms. The van der Waals surface area contributed by atoms with E-state index in [1.54, 1.807) is 7.11 Å². The number of ether oxygens (including phenoxy) is 1. The molecule has 0 unspecified atom stereocenters. The SMILES string of the molecule is COc1ccc(C)cc1CC(=O)NN. The molecule has 4 nitrogen and oxygen atoms in total. The summed E-state index contributed by atoms with van der Waals surface area (Å²) in [5, 5.41) is 0. The van der Waals surface area contributed by atoms with Crippen molar-refractivity contribution < 1.29 is 9.53 Å². The molecule has 0 spiro atoms. The number of benzene rings is 1. The average molecular weight is 194 g/mol. The fraction of sp³-hybridized carbons (Fsp3) is 0.300. The summed E-state index contributed by atoms with van der Waals surface area (Å²) in [6.45, 7) is 1.96. The fourth-order valence-corrected chi connectivity index (χ4v) is 1.27. The number of aryl methyl sites for hydroxylation is 1. The molecule has 1 amide bonds. The van der Waals surface area contributed by atoms with Gasteiger partial charge in [-0.25, -0.2) is 5.84 Å². The van der Waals surface area contributed by atoms with Gasteiger partial charge in [-0.05, 0) is 13.0 Å². The Morgan fingerprint density at radius 3 is 2.86 bits per heavy atom. The molecule has 1 aromatic rings. The number of hydrogen-bond acceptors (Lipinski definition) is 3. The van der Waals surface area contributed by atoms with E-state index >= 15 is 0 Å². The lowest BCUT2D eigenvalue weighted by Crippen LogP contribution is -2.31. The van der Waals surface area contributed by atoms with Gasteiger partial charge in [0.15, 0.2) is 0 Å². The smallest absolute Gasteiger partial charge is 0.238 e. The second-order valence-corrected chi connectivity index (χ2v) is 3.06. The van der Waals surface area contributed by atoms with Gasteiger partial charge in [0.25, 0.3) is 0 Å². The van der Waals surface area contributed by atoms with Crippen LogP contribution in [-0.4, -0.2) is 13.0 Å². The summed E-state index contributed by atoms with van der Waals surface area (Å²) in [6, 6.07) is 5.69. The molecule has 0 atom stereocenters. The largest absolute Gasteiger partial charge is 0.496 e. The van der Waals surface area contributed by atoms with Gasteiger partial charge < -0.3 is 4.74 Å². The van der Waals surface area contributed by atoms with E-state index in [1.807, 2.05) is 25.1 Å². The zero-order valence-electron chi connectivity index (χ0n) is 8.33. The lowest BCUT2D eigenvalue weighted by Gasteiger charge is -2.08. The van der Waals surface area contributed by atoms with E-state index in [-0.39, 0.29) is 12.3 Å². The summed E-state index contributed by atoms with van der Waals surface area (Å²) in [5.41, 5.74) is 4.02. The maximum Gasteiger partial charge on any atom is 0.238 e. The number of amides is 1. The number of rotatable bonds is 3. The highest BCUT2D eigenvalue weighted by molar-refractivity contribution is 5.78. The second kappa shape index (κ2) is 4.62. The molecule has 76 valence electrons. The lowest BCUT2D eigenvalue weighted by molar-refractivity contribution is -0.120. The van der Waals surface area contributed by atoms with E-state index in [0.717, 1.165) is 11.1 Å². The Morgan fingerprint density at radius 2 is 2.29 bits per heavy atom. The summed E-state index contributed by atoms with van der Waals surface area (Å²) in [7, 11) is 1.58. The summed E-state index contributed by atoms with van der Waals surface area (Å²) < 4.78 is 5.12. The minimum atomic E-state index is -0.228. The van der Waals surface area contributed by atoms with E-state index < -0.39 is 0 Å². The molecule has 0 heterocycles. The van der Waals surface area contributed by atoms with Gasteiger partial charge in [-0.1, -0.05) is 17.7 Å². The summed E-state index contributed by atoms with van der Waals surface area (Å²) in [4.78, 5) is 11.1. The van der Waals surface area contributed by atoms with Crippen LogP contribution in [0.4, 0.5) is 0 Å². The number of hydrogen-bond donors (Lipinski definition) is 2. The van der Waals surface area contributed by atoms with Crippen LogP contribution in [0, 0.1) is 6.92 Å². The quantitative estimate of drug-likeness (QED) is 0.419. The van der Waals surface area contributed by atoms with Crippen molar-refractivity contribution in [3.05, 3.63) is 29.3 Å². The van der Waals surface area contributed by atoms with Gasteiger partial charge in [0, 0.05) is 5.56 Å². The van der Waals surface area contributed by atoms with Crippen molar-refractivity contribution in [1.82, 2.24) is 5.43 Å². The number of nitrogens with one attached hydrogen (secondary N) is 1. The van der Waals surface area contributed by atoms with Crippen LogP contribution in [-0.2, 0) is 11.2 Å². The highest BCUT2D eigenvalue weighted by atomic mass is 16.5. The second-order valence-electron chi connectivity index (χ2n) is 3.06. The van der Waals surface area contributed by atoms with Gasteiger partial charge in [-0.2, -0.15) is 0 Å². The van der Waals surface area contributed by atoms with Crippen molar-refractivity contribution in [3.63, 3.8) is 0 Å². The third kappa shape index (κ3) is 2.47. The van der Waals surface area contributed by atoms with Gasteiger partial charge >= 0.3 is 0 Å². The van der Waals surface area contributed by atoms with Crippen LogP contribution >= 0.6 is 0 Å². The van der Waals surface area contributed by atoms with Crippen LogP contribution in [0.25, 0.3) is 0 Å². The molecule has 0 aliphatic heterocycles. The Balaban J connectivity index is 2.93. The summed E-state index contributed by atoms with van der Waals surface area (Å²) in [5.74, 6) is 5.49. The molecule has 0 fully saturated rings. The van der Waals surface area contributed by atoms with Crippen molar-refractivity contribution in [2.75, 3.05) is 7.11 Å². The van der Waals surface area contributed by atoms with Crippen molar-refractivity contribution in [2.24, 2.45) is 5.84 Å². The zero-order valence-corrected chi connectivity index (χ0v) is 8.33. The molecule has 0 aliphatic carbocycles. The van der Waals surface area contributed by atoms with Crippen molar-refractivity contribution in [2.45, 2.75) is 13.3 Å². The van der Waals surface area contributed by atoms with E-state index in [4.69, 9.17) is 10.6 Å². The van der Waals surface area contributed by atoms with Crippen molar-refractivity contribution >= 4 is 5.91 Å². The number of carbonyl (C=O) groups excluding carboxylic acids is 1. The molecule has 0 saturated heterocycles. The van der Waals surface area contributed by atoms with Crippen LogP contribution in [0.5, 0.6) is 5.75 Å². The highest BCUT2D eigenvalue weighted by Crippen LogP contribution is 2.19. The highest BCUT2D eigenvalue weighted by Gasteiger charge is 2.07. The number of hydrazine groups is 1. The van der Waals surface area contributed by atoms with Gasteiger partial charge in [-0.15, -0.1) is 0 Å². The Bertz CT molecular complexity index is 337. The standard InChI is InChI=1S/C10H14N2O2/c1-7-3-4-9(14-2)8(5-7)6-10(13)12-11/h3-5H,6,11H2,1-2H3,(H,12,13). The molecule has 0 aromatic heterocycles. The van der Waals surface area contributed by atoms with Crippen molar-refractivity contribution in [1.29, 1.82) is 0 Å². The lowest BCUT2D eigenvalue weighted by atomic mass is 10.1.